The van der Waals surface area contributed by atoms with Crippen LogP contribution in [0.4, 0.5) is 5.69 Å². The summed E-state index contributed by atoms with van der Waals surface area (Å²) in [6.45, 7) is 6.46. The minimum atomic E-state index is -0.520. The van der Waals surface area contributed by atoms with Gasteiger partial charge >= 0.3 is 0 Å². The zero-order chi connectivity index (χ0) is 25.4. The Labute approximate surface area is 207 Å². The van der Waals surface area contributed by atoms with E-state index in [-0.39, 0.29) is 17.0 Å². The third-order valence-electron chi connectivity index (χ3n) is 5.41. The molecule has 0 bridgehead atoms. The lowest BCUT2D eigenvalue weighted by Crippen LogP contribution is -2.32. The zero-order valence-corrected chi connectivity index (χ0v) is 20.9. The average molecular weight is 469 g/mol. The summed E-state index contributed by atoms with van der Waals surface area (Å²) in [5.41, 5.74) is 7.01. The van der Waals surface area contributed by atoms with Crippen molar-refractivity contribution in [3.8, 4) is 0 Å². The molecule has 2 amide bonds. The summed E-state index contributed by atoms with van der Waals surface area (Å²) in [5.74, 6) is -0.896. The molecule has 0 radical (unpaired) electrons. The van der Waals surface area contributed by atoms with E-state index in [1.54, 1.807) is 36.6 Å². The van der Waals surface area contributed by atoms with Gasteiger partial charge in [-0.25, -0.2) is 5.43 Å². The summed E-state index contributed by atoms with van der Waals surface area (Å²) in [7, 11) is 3.91. The van der Waals surface area contributed by atoms with Crippen LogP contribution in [-0.4, -0.2) is 32.1 Å². The van der Waals surface area contributed by atoms with E-state index >= 15 is 0 Å². The molecule has 3 rings (SSSR count). The van der Waals surface area contributed by atoms with Crippen LogP contribution in [0.1, 0.15) is 47.8 Å². The number of nitrogens with zero attached hydrogens (tertiary/aromatic N) is 2. The van der Waals surface area contributed by atoms with Gasteiger partial charge in [-0.05, 0) is 52.4 Å². The molecule has 0 fully saturated rings. The first-order valence-electron chi connectivity index (χ1n) is 11.4. The fourth-order valence-corrected chi connectivity index (χ4v) is 3.27. The summed E-state index contributed by atoms with van der Waals surface area (Å²) in [6, 6.07) is 24.4. The molecule has 0 aliphatic carbocycles. The highest BCUT2D eigenvalue weighted by Crippen LogP contribution is 2.21. The number of hydrazone groups is 1. The molecule has 0 heterocycles. The van der Waals surface area contributed by atoms with Crippen molar-refractivity contribution in [1.82, 2.24) is 10.7 Å². The third-order valence-corrected chi connectivity index (χ3v) is 5.41. The van der Waals surface area contributed by atoms with Crippen LogP contribution in [0.3, 0.4) is 0 Å². The molecule has 0 unspecified atom stereocenters. The minimum Gasteiger partial charge on any atom is -0.378 e. The zero-order valence-electron chi connectivity index (χ0n) is 20.9. The Kier molecular flexibility index (Phi) is 8.21. The number of carbonyl (C=O) groups is 2. The highest BCUT2D eigenvalue weighted by Gasteiger charge is 2.15. The SMILES string of the molecule is CN(C)c1ccc(/C=C(\NC(=O)c2ccccc2)C(=O)NN=Cc2ccc(C(C)(C)C)cc2)cc1. The van der Waals surface area contributed by atoms with Gasteiger partial charge in [0.05, 0.1) is 6.21 Å². The summed E-state index contributed by atoms with van der Waals surface area (Å²) in [5, 5.41) is 6.81. The maximum Gasteiger partial charge on any atom is 0.287 e. The number of hydrogen-bond acceptors (Lipinski definition) is 4. The van der Waals surface area contributed by atoms with Crippen LogP contribution in [0.5, 0.6) is 0 Å². The molecule has 0 aliphatic heterocycles. The van der Waals surface area contributed by atoms with Crippen molar-refractivity contribution in [3.63, 3.8) is 0 Å². The molecule has 0 aromatic heterocycles. The number of benzene rings is 3. The molecular formula is C29H32N4O2. The van der Waals surface area contributed by atoms with Crippen LogP contribution < -0.4 is 15.6 Å². The smallest absolute Gasteiger partial charge is 0.287 e. The molecule has 2 N–H and O–H groups in total. The van der Waals surface area contributed by atoms with Gasteiger partial charge in [0.25, 0.3) is 11.8 Å². The number of hydrogen-bond donors (Lipinski definition) is 2. The highest BCUT2D eigenvalue weighted by atomic mass is 16.2. The van der Waals surface area contributed by atoms with Gasteiger partial charge in [0, 0.05) is 25.3 Å². The molecule has 6 nitrogen and oxygen atoms in total. The van der Waals surface area contributed by atoms with E-state index in [0.29, 0.717) is 5.56 Å². The van der Waals surface area contributed by atoms with Crippen LogP contribution in [0.2, 0.25) is 0 Å². The van der Waals surface area contributed by atoms with Crippen LogP contribution in [0.15, 0.2) is 89.7 Å². The summed E-state index contributed by atoms with van der Waals surface area (Å²) in [4.78, 5) is 27.7. The number of rotatable bonds is 7. The maximum absolute atomic E-state index is 12.9. The van der Waals surface area contributed by atoms with Crippen molar-refractivity contribution in [1.29, 1.82) is 0 Å². The summed E-state index contributed by atoms with van der Waals surface area (Å²) >= 11 is 0. The molecule has 6 heteroatoms. The lowest BCUT2D eigenvalue weighted by molar-refractivity contribution is -0.117. The van der Waals surface area contributed by atoms with E-state index in [2.05, 4.69) is 36.6 Å². The third kappa shape index (κ3) is 7.40. The average Bonchev–Trinajstić information content (AvgIpc) is 2.84. The minimum absolute atomic E-state index is 0.0608. The first-order valence-corrected chi connectivity index (χ1v) is 11.4. The highest BCUT2D eigenvalue weighted by molar-refractivity contribution is 6.05. The van der Waals surface area contributed by atoms with Gasteiger partial charge in [0.1, 0.15) is 5.70 Å². The summed E-state index contributed by atoms with van der Waals surface area (Å²) in [6.07, 6.45) is 3.20. The van der Waals surface area contributed by atoms with Crippen molar-refractivity contribution in [3.05, 3.63) is 107 Å². The summed E-state index contributed by atoms with van der Waals surface area (Å²) < 4.78 is 0. The molecule has 0 saturated heterocycles. The molecule has 0 aliphatic rings. The Balaban J connectivity index is 1.78. The van der Waals surface area contributed by atoms with Gasteiger partial charge in [0.2, 0.25) is 0 Å². The molecular weight excluding hydrogens is 436 g/mol. The molecule has 35 heavy (non-hydrogen) atoms. The van der Waals surface area contributed by atoms with Gasteiger partial charge in [0.15, 0.2) is 0 Å². The fourth-order valence-electron chi connectivity index (χ4n) is 3.27. The van der Waals surface area contributed by atoms with Crippen LogP contribution in [-0.2, 0) is 10.2 Å². The molecule has 0 spiro atoms. The maximum atomic E-state index is 12.9. The van der Waals surface area contributed by atoms with Crippen LogP contribution in [0.25, 0.3) is 6.08 Å². The van der Waals surface area contributed by atoms with Crippen LogP contribution >= 0.6 is 0 Å². The Hall–Kier alpha value is -4.19. The lowest BCUT2D eigenvalue weighted by Gasteiger charge is -2.18. The van der Waals surface area contributed by atoms with Gasteiger partial charge in [-0.3, -0.25) is 9.59 Å². The fraction of sp³-hybridized carbons (Fsp3) is 0.207. The van der Waals surface area contributed by atoms with Crippen molar-refractivity contribution in [2.24, 2.45) is 5.10 Å². The Morgan fingerprint density at radius 2 is 1.43 bits per heavy atom. The van der Waals surface area contributed by atoms with Crippen LogP contribution in [0, 0.1) is 0 Å². The topological polar surface area (TPSA) is 73.8 Å². The number of carbonyl (C=O) groups excluding carboxylic acids is 2. The second kappa shape index (κ2) is 11.3. The normalized spacial score (nSPS) is 11.9. The predicted molar refractivity (Wildman–Crippen MR) is 144 cm³/mol. The van der Waals surface area contributed by atoms with E-state index in [0.717, 1.165) is 16.8 Å². The second-order valence-corrected chi connectivity index (χ2v) is 9.44. The van der Waals surface area contributed by atoms with Crippen molar-refractivity contribution in [2.45, 2.75) is 26.2 Å². The molecule has 0 saturated carbocycles. The van der Waals surface area contributed by atoms with E-state index in [4.69, 9.17) is 0 Å². The molecule has 0 atom stereocenters. The monoisotopic (exact) mass is 468 g/mol. The van der Waals surface area contributed by atoms with Gasteiger partial charge in [-0.2, -0.15) is 5.10 Å². The van der Waals surface area contributed by atoms with E-state index in [9.17, 15) is 9.59 Å². The van der Waals surface area contributed by atoms with E-state index in [1.165, 1.54) is 5.56 Å². The lowest BCUT2D eigenvalue weighted by atomic mass is 9.87. The number of anilines is 1. The number of nitrogens with one attached hydrogen (secondary N) is 2. The molecule has 3 aromatic carbocycles. The van der Waals surface area contributed by atoms with Crippen molar-refractivity contribution >= 4 is 29.8 Å². The van der Waals surface area contributed by atoms with E-state index < -0.39 is 5.91 Å². The first kappa shape index (κ1) is 25.4. The van der Waals surface area contributed by atoms with E-state index in [1.807, 2.05) is 73.6 Å². The van der Waals surface area contributed by atoms with Gasteiger partial charge in [-0.1, -0.05) is 75.4 Å². The molecule has 180 valence electrons. The van der Waals surface area contributed by atoms with Gasteiger partial charge in [-0.15, -0.1) is 0 Å². The standard InChI is InChI=1S/C29H32N4O2/c1-29(2,3)24-15-11-22(12-16-24)20-30-32-28(35)26(31-27(34)23-9-7-6-8-10-23)19-21-13-17-25(18-14-21)33(4)5/h6-20H,1-5H3,(H,31,34)(H,32,35)/b26-19-,30-20?. The largest absolute Gasteiger partial charge is 0.378 e. The Morgan fingerprint density at radius 1 is 0.829 bits per heavy atom. The molecule has 3 aromatic rings. The Morgan fingerprint density at radius 3 is 2.00 bits per heavy atom. The van der Waals surface area contributed by atoms with Crippen molar-refractivity contribution < 1.29 is 9.59 Å². The first-order chi connectivity index (χ1) is 16.6. The Bertz CT molecular complexity index is 1200. The quantitative estimate of drug-likeness (QED) is 0.292. The number of amides is 2. The van der Waals surface area contributed by atoms with Crippen molar-refractivity contribution in [2.75, 3.05) is 19.0 Å². The van der Waals surface area contributed by atoms with Gasteiger partial charge < -0.3 is 10.2 Å². The predicted octanol–water partition coefficient (Wildman–Crippen LogP) is 4.97. The second-order valence-electron chi connectivity index (χ2n) is 9.44.